The fraction of sp³-hybridized carbons (Fsp3) is 0.269. The van der Waals surface area contributed by atoms with E-state index in [9.17, 15) is 4.79 Å². The van der Waals surface area contributed by atoms with Crippen molar-refractivity contribution in [2.45, 2.75) is 12.5 Å². The molecule has 172 valence electrons. The van der Waals surface area contributed by atoms with Crippen LogP contribution in [-0.4, -0.2) is 52.4 Å². The number of ether oxygens (including phenoxy) is 2. The van der Waals surface area contributed by atoms with Crippen molar-refractivity contribution >= 4 is 39.1 Å². The van der Waals surface area contributed by atoms with Crippen LogP contribution in [0.4, 0.5) is 5.82 Å². The zero-order valence-electron chi connectivity index (χ0n) is 19.1. The third kappa shape index (κ3) is 3.21. The van der Waals surface area contributed by atoms with Crippen LogP contribution in [0.1, 0.15) is 33.9 Å². The third-order valence-electron chi connectivity index (χ3n) is 6.79. The molecule has 0 saturated heterocycles. The summed E-state index contributed by atoms with van der Waals surface area (Å²) in [5.41, 5.74) is 11.6. The first-order chi connectivity index (χ1) is 16.5. The monoisotopic (exact) mass is 455 g/mol. The molecule has 2 N–H and O–H groups in total. The van der Waals surface area contributed by atoms with Crippen molar-refractivity contribution in [3.63, 3.8) is 0 Å². The first-order valence-electron chi connectivity index (χ1n) is 11.3. The van der Waals surface area contributed by atoms with Gasteiger partial charge in [-0.05, 0) is 41.8 Å². The number of carbonyl (C=O) groups excluding carboxylic acids is 1. The molecule has 0 bridgehead atoms. The van der Waals surface area contributed by atoms with Gasteiger partial charge in [-0.1, -0.05) is 18.2 Å². The molecule has 4 aromatic rings. The van der Waals surface area contributed by atoms with Crippen molar-refractivity contribution in [2.75, 3.05) is 32.6 Å². The third-order valence-corrected chi connectivity index (χ3v) is 6.79. The van der Waals surface area contributed by atoms with Gasteiger partial charge in [-0.15, -0.1) is 0 Å². The summed E-state index contributed by atoms with van der Waals surface area (Å²) in [4.78, 5) is 19.7. The average molecular weight is 456 g/mol. The normalized spacial score (nSPS) is 17.5. The Morgan fingerprint density at radius 2 is 2.09 bits per heavy atom. The Hall–Kier alpha value is -3.91. The molecule has 0 radical (unpaired) electrons. The Morgan fingerprint density at radius 3 is 2.91 bits per heavy atom. The molecule has 0 aliphatic carbocycles. The van der Waals surface area contributed by atoms with Crippen molar-refractivity contribution in [1.82, 2.24) is 19.7 Å². The fourth-order valence-corrected chi connectivity index (χ4v) is 4.91. The minimum atomic E-state index is -0.162. The van der Waals surface area contributed by atoms with Gasteiger partial charge in [0, 0.05) is 30.6 Å². The second-order valence-electron chi connectivity index (χ2n) is 8.83. The van der Waals surface area contributed by atoms with E-state index < -0.39 is 0 Å². The minimum Gasteiger partial charge on any atom is -0.491 e. The van der Waals surface area contributed by atoms with Crippen molar-refractivity contribution in [2.24, 2.45) is 7.05 Å². The molecule has 8 nitrogen and oxygen atoms in total. The number of nitrogens with zero attached hydrogens (tertiary/aromatic N) is 4. The molecular weight excluding hydrogens is 430 g/mol. The summed E-state index contributed by atoms with van der Waals surface area (Å²) in [5, 5.41) is 5.94. The maximum absolute atomic E-state index is 13.5. The van der Waals surface area contributed by atoms with Gasteiger partial charge in [0.05, 0.1) is 41.9 Å². The molecule has 4 heterocycles. The van der Waals surface area contributed by atoms with Crippen LogP contribution < -0.4 is 10.5 Å². The molecule has 0 fully saturated rings. The van der Waals surface area contributed by atoms with Crippen LogP contribution in [0, 0.1) is 0 Å². The van der Waals surface area contributed by atoms with E-state index in [1.54, 1.807) is 21.8 Å². The number of nitrogen functional groups attached to an aromatic ring is 1. The van der Waals surface area contributed by atoms with E-state index in [-0.39, 0.29) is 11.9 Å². The molecule has 2 aliphatic heterocycles. The van der Waals surface area contributed by atoms with Gasteiger partial charge < -0.3 is 20.1 Å². The van der Waals surface area contributed by atoms with Crippen LogP contribution in [0.2, 0.25) is 0 Å². The molecule has 2 aromatic heterocycles. The Balaban J connectivity index is 1.32. The molecule has 1 atom stereocenters. The van der Waals surface area contributed by atoms with E-state index in [1.165, 1.54) is 5.57 Å². The number of rotatable bonds is 3. The highest BCUT2D eigenvalue weighted by Gasteiger charge is 2.31. The molecular formula is C26H25N5O3. The Labute approximate surface area is 196 Å². The molecule has 2 aromatic carbocycles. The zero-order chi connectivity index (χ0) is 23.4. The number of pyridine rings is 1. The number of hydrogen-bond acceptors (Lipinski definition) is 6. The van der Waals surface area contributed by atoms with Crippen LogP contribution in [0.3, 0.4) is 0 Å². The standard InChI is InChI=1S/C26H25N5O3/c1-30(22-14-34-23-11-15(5-7-18(22)23)17-4-3-9-33-13-17)26(32)16-6-8-21-19(10-16)24-20(25(27)29-21)12-28-31(24)2/h4-8,10-12,22H,3,9,13-14H2,1-2H3,(H2,27,29)/t22-/m1/s1. The summed E-state index contributed by atoms with van der Waals surface area (Å²) in [6.07, 6.45) is 4.84. The van der Waals surface area contributed by atoms with Crippen LogP contribution in [0.25, 0.3) is 27.4 Å². The summed E-state index contributed by atoms with van der Waals surface area (Å²) < 4.78 is 13.3. The van der Waals surface area contributed by atoms with Gasteiger partial charge in [0.2, 0.25) is 0 Å². The maximum atomic E-state index is 13.5. The van der Waals surface area contributed by atoms with Crippen LogP contribution in [-0.2, 0) is 11.8 Å². The number of carbonyl (C=O) groups is 1. The van der Waals surface area contributed by atoms with Gasteiger partial charge in [-0.2, -0.15) is 5.10 Å². The molecule has 6 rings (SSSR count). The first kappa shape index (κ1) is 20.7. The Kier molecular flexibility index (Phi) is 4.77. The largest absolute Gasteiger partial charge is 0.491 e. The van der Waals surface area contributed by atoms with Crippen molar-refractivity contribution in [3.05, 3.63) is 65.4 Å². The van der Waals surface area contributed by atoms with Gasteiger partial charge in [0.1, 0.15) is 18.2 Å². The summed E-state index contributed by atoms with van der Waals surface area (Å²) >= 11 is 0. The molecule has 8 heteroatoms. The lowest BCUT2D eigenvalue weighted by atomic mass is 9.99. The summed E-state index contributed by atoms with van der Waals surface area (Å²) in [6, 6.07) is 11.6. The molecule has 0 unspecified atom stereocenters. The van der Waals surface area contributed by atoms with Gasteiger partial charge in [-0.3, -0.25) is 9.48 Å². The van der Waals surface area contributed by atoms with E-state index in [4.69, 9.17) is 15.2 Å². The SMILES string of the molecule is CN(C(=O)c1ccc2nc(N)c3cnn(C)c3c2c1)[C@@H]1COc2cc(C3=CCCOC3)ccc21. The van der Waals surface area contributed by atoms with Gasteiger partial charge in [0.25, 0.3) is 5.91 Å². The van der Waals surface area contributed by atoms with Crippen molar-refractivity contribution < 1.29 is 14.3 Å². The second kappa shape index (κ2) is 7.85. The highest BCUT2D eigenvalue weighted by Crippen LogP contribution is 2.38. The van der Waals surface area contributed by atoms with Gasteiger partial charge in [-0.25, -0.2) is 4.98 Å². The Bertz CT molecular complexity index is 1490. The van der Waals surface area contributed by atoms with Gasteiger partial charge in [0.15, 0.2) is 0 Å². The van der Waals surface area contributed by atoms with Crippen molar-refractivity contribution in [3.8, 4) is 5.75 Å². The number of likely N-dealkylation sites (N-methyl/N-ethyl adjacent to an activating group) is 1. The van der Waals surface area contributed by atoms with E-state index in [0.717, 1.165) is 51.7 Å². The van der Waals surface area contributed by atoms with Crippen LogP contribution in [0.5, 0.6) is 5.75 Å². The molecule has 0 saturated carbocycles. The van der Waals surface area contributed by atoms with Crippen molar-refractivity contribution in [1.29, 1.82) is 0 Å². The van der Waals surface area contributed by atoms with E-state index in [1.807, 2.05) is 26.2 Å². The average Bonchev–Trinajstić information content (AvgIpc) is 3.47. The van der Waals surface area contributed by atoms with Crippen LogP contribution in [0.15, 0.2) is 48.7 Å². The number of hydrogen-bond donors (Lipinski definition) is 1. The molecule has 34 heavy (non-hydrogen) atoms. The van der Waals surface area contributed by atoms with E-state index in [2.05, 4.69) is 34.4 Å². The zero-order valence-corrected chi connectivity index (χ0v) is 19.1. The summed E-state index contributed by atoms with van der Waals surface area (Å²) in [6.45, 7) is 1.81. The number of amides is 1. The number of anilines is 1. The summed E-state index contributed by atoms with van der Waals surface area (Å²) in [5.74, 6) is 1.17. The predicted molar refractivity (Wildman–Crippen MR) is 131 cm³/mol. The fourth-order valence-electron chi connectivity index (χ4n) is 4.91. The number of nitrogens with two attached hydrogens (primary N) is 1. The second-order valence-corrected chi connectivity index (χ2v) is 8.83. The quantitative estimate of drug-likeness (QED) is 0.506. The molecule has 2 aliphatic rings. The van der Waals surface area contributed by atoms with Crippen LogP contribution >= 0.6 is 0 Å². The minimum absolute atomic E-state index is 0.0806. The lowest BCUT2D eigenvalue weighted by molar-refractivity contribution is 0.0708. The van der Waals surface area contributed by atoms with E-state index >= 15 is 0 Å². The summed E-state index contributed by atoms with van der Waals surface area (Å²) in [7, 11) is 3.68. The van der Waals surface area contributed by atoms with E-state index in [0.29, 0.717) is 24.6 Å². The lowest BCUT2D eigenvalue weighted by Gasteiger charge is -2.24. The maximum Gasteiger partial charge on any atom is 0.254 e. The highest BCUT2D eigenvalue weighted by molar-refractivity contribution is 6.10. The Morgan fingerprint density at radius 1 is 1.21 bits per heavy atom. The molecule has 0 spiro atoms. The number of aromatic nitrogens is 3. The lowest BCUT2D eigenvalue weighted by Crippen LogP contribution is -2.32. The van der Waals surface area contributed by atoms with Gasteiger partial charge >= 0.3 is 0 Å². The topological polar surface area (TPSA) is 95.5 Å². The predicted octanol–water partition coefficient (Wildman–Crippen LogP) is 3.71. The number of benzene rings is 2. The smallest absolute Gasteiger partial charge is 0.254 e. The number of aryl methyl sites for hydroxylation is 1. The highest BCUT2D eigenvalue weighted by atomic mass is 16.5. The number of fused-ring (bicyclic) bond motifs is 4. The first-order valence-corrected chi connectivity index (χ1v) is 11.3. The molecule has 1 amide bonds.